The van der Waals surface area contributed by atoms with Crippen molar-refractivity contribution in [2.45, 2.75) is 19.3 Å². The number of nitrogens with zero attached hydrogens (tertiary/aromatic N) is 2. The van der Waals surface area contributed by atoms with E-state index < -0.39 is 5.97 Å². The lowest BCUT2D eigenvalue weighted by Gasteiger charge is -2.26. The van der Waals surface area contributed by atoms with E-state index in [4.69, 9.17) is 5.73 Å². The number of likely N-dealkylation sites (tertiary alicyclic amines) is 1. The molecule has 1 saturated heterocycles. The molecule has 0 atom stereocenters. The summed E-state index contributed by atoms with van der Waals surface area (Å²) in [4.78, 5) is 29.6. The van der Waals surface area contributed by atoms with Crippen molar-refractivity contribution >= 4 is 17.7 Å². The maximum Gasteiger partial charge on any atom is 0.355 e. The van der Waals surface area contributed by atoms with Gasteiger partial charge in [0.15, 0.2) is 5.69 Å². The Hall–Kier alpha value is -2.89. The van der Waals surface area contributed by atoms with Crippen LogP contribution in [0.4, 0.5) is 5.82 Å². The second-order valence-corrected chi connectivity index (χ2v) is 5.87. The SMILES string of the molecule is Nc1ccc(-c2ccc(C(=O)N3CCCCC3)cc2)c(C(=O)O)n1. The van der Waals surface area contributed by atoms with Gasteiger partial charge in [0, 0.05) is 24.2 Å². The maximum atomic E-state index is 12.5. The summed E-state index contributed by atoms with van der Waals surface area (Å²) < 4.78 is 0. The largest absolute Gasteiger partial charge is 0.476 e. The molecule has 1 aromatic carbocycles. The Balaban J connectivity index is 1.87. The summed E-state index contributed by atoms with van der Waals surface area (Å²) in [6.45, 7) is 1.59. The van der Waals surface area contributed by atoms with Crippen LogP contribution >= 0.6 is 0 Å². The fraction of sp³-hybridized carbons (Fsp3) is 0.278. The first-order valence-electron chi connectivity index (χ1n) is 7.96. The van der Waals surface area contributed by atoms with Gasteiger partial charge in [0.2, 0.25) is 0 Å². The highest BCUT2D eigenvalue weighted by Crippen LogP contribution is 2.25. The summed E-state index contributed by atoms with van der Waals surface area (Å²) in [5.41, 5.74) is 7.25. The van der Waals surface area contributed by atoms with Gasteiger partial charge < -0.3 is 15.7 Å². The van der Waals surface area contributed by atoms with Gasteiger partial charge in [0.25, 0.3) is 5.91 Å². The average Bonchev–Trinajstić information content (AvgIpc) is 2.62. The van der Waals surface area contributed by atoms with Crippen LogP contribution in [0.25, 0.3) is 11.1 Å². The molecule has 3 rings (SSSR count). The van der Waals surface area contributed by atoms with Gasteiger partial charge in [-0.2, -0.15) is 0 Å². The van der Waals surface area contributed by atoms with Gasteiger partial charge in [-0.05, 0) is 49.1 Å². The van der Waals surface area contributed by atoms with E-state index in [-0.39, 0.29) is 17.4 Å². The van der Waals surface area contributed by atoms with E-state index in [1.807, 2.05) is 4.90 Å². The monoisotopic (exact) mass is 325 g/mol. The number of carbonyl (C=O) groups excluding carboxylic acids is 1. The van der Waals surface area contributed by atoms with Crippen molar-refractivity contribution in [1.29, 1.82) is 0 Å². The van der Waals surface area contributed by atoms with Gasteiger partial charge in [-0.15, -0.1) is 0 Å². The summed E-state index contributed by atoms with van der Waals surface area (Å²) in [6, 6.07) is 10.2. The Morgan fingerprint density at radius 3 is 2.29 bits per heavy atom. The zero-order chi connectivity index (χ0) is 17.1. The number of benzene rings is 1. The van der Waals surface area contributed by atoms with Gasteiger partial charge >= 0.3 is 5.97 Å². The number of hydrogen-bond acceptors (Lipinski definition) is 4. The fourth-order valence-electron chi connectivity index (χ4n) is 2.94. The van der Waals surface area contributed by atoms with Crippen molar-refractivity contribution in [3.63, 3.8) is 0 Å². The lowest BCUT2D eigenvalue weighted by atomic mass is 10.0. The van der Waals surface area contributed by atoms with Gasteiger partial charge in [0.05, 0.1) is 0 Å². The summed E-state index contributed by atoms with van der Waals surface area (Å²) >= 11 is 0. The van der Waals surface area contributed by atoms with Crippen LogP contribution in [-0.4, -0.2) is 40.0 Å². The number of amides is 1. The summed E-state index contributed by atoms with van der Waals surface area (Å²) in [5.74, 6) is -0.950. The molecule has 0 radical (unpaired) electrons. The van der Waals surface area contributed by atoms with Crippen LogP contribution in [-0.2, 0) is 0 Å². The number of aromatic carboxylic acids is 1. The summed E-state index contributed by atoms with van der Waals surface area (Å²) in [5, 5.41) is 9.29. The number of carbonyl (C=O) groups is 2. The molecule has 1 aliphatic heterocycles. The van der Waals surface area contributed by atoms with Crippen LogP contribution in [0.5, 0.6) is 0 Å². The molecule has 0 bridgehead atoms. The van der Waals surface area contributed by atoms with Crippen LogP contribution in [0.3, 0.4) is 0 Å². The van der Waals surface area contributed by atoms with Crippen LogP contribution in [0.2, 0.25) is 0 Å². The first-order chi connectivity index (χ1) is 11.6. The maximum absolute atomic E-state index is 12.5. The number of aromatic nitrogens is 1. The van der Waals surface area contributed by atoms with Crippen molar-refractivity contribution in [1.82, 2.24) is 9.88 Å². The second-order valence-electron chi connectivity index (χ2n) is 5.87. The number of pyridine rings is 1. The van der Waals surface area contributed by atoms with Gasteiger partial charge in [-0.1, -0.05) is 12.1 Å². The number of piperidine rings is 1. The number of hydrogen-bond donors (Lipinski definition) is 2. The molecule has 3 N–H and O–H groups in total. The minimum atomic E-state index is -1.13. The third kappa shape index (κ3) is 3.22. The highest BCUT2D eigenvalue weighted by Gasteiger charge is 2.19. The van der Waals surface area contributed by atoms with Gasteiger partial charge in [-0.25, -0.2) is 9.78 Å². The molecule has 1 amide bonds. The normalized spacial score (nSPS) is 14.4. The molecule has 1 fully saturated rings. The van der Waals surface area contributed by atoms with Crippen molar-refractivity contribution in [2.24, 2.45) is 0 Å². The molecule has 0 saturated carbocycles. The van der Waals surface area contributed by atoms with Crippen LogP contribution in [0.1, 0.15) is 40.1 Å². The Morgan fingerprint density at radius 2 is 1.67 bits per heavy atom. The Bertz CT molecular complexity index is 766. The van der Waals surface area contributed by atoms with Crippen molar-refractivity contribution < 1.29 is 14.7 Å². The first-order valence-corrected chi connectivity index (χ1v) is 7.96. The third-order valence-electron chi connectivity index (χ3n) is 4.21. The molecule has 2 heterocycles. The molecule has 24 heavy (non-hydrogen) atoms. The van der Waals surface area contributed by atoms with Gasteiger partial charge in [-0.3, -0.25) is 4.79 Å². The Kier molecular flexibility index (Phi) is 4.46. The smallest absolute Gasteiger partial charge is 0.355 e. The minimum Gasteiger partial charge on any atom is -0.476 e. The zero-order valence-electron chi connectivity index (χ0n) is 13.2. The van der Waals surface area contributed by atoms with Gasteiger partial charge in [0.1, 0.15) is 5.82 Å². The first kappa shape index (κ1) is 16.0. The van der Waals surface area contributed by atoms with E-state index in [9.17, 15) is 14.7 Å². The Morgan fingerprint density at radius 1 is 1.00 bits per heavy atom. The third-order valence-corrected chi connectivity index (χ3v) is 4.21. The minimum absolute atomic E-state index is 0.0233. The quantitative estimate of drug-likeness (QED) is 0.904. The van der Waals surface area contributed by atoms with Crippen molar-refractivity contribution in [3.8, 4) is 11.1 Å². The van der Waals surface area contributed by atoms with Crippen molar-refractivity contribution in [3.05, 3.63) is 47.7 Å². The molecule has 0 spiro atoms. The molecule has 1 aromatic heterocycles. The molecule has 2 aromatic rings. The Labute approximate surface area is 139 Å². The summed E-state index contributed by atoms with van der Waals surface area (Å²) in [7, 11) is 0. The molecule has 0 unspecified atom stereocenters. The molecular weight excluding hydrogens is 306 g/mol. The lowest BCUT2D eigenvalue weighted by Crippen LogP contribution is -2.35. The highest BCUT2D eigenvalue weighted by molar-refractivity contribution is 5.96. The van der Waals surface area contributed by atoms with E-state index in [1.165, 1.54) is 6.42 Å². The average molecular weight is 325 g/mol. The molecule has 124 valence electrons. The second kappa shape index (κ2) is 6.70. The van der Waals surface area contributed by atoms with Crippen LogP contribution < -0.4 is 5.73 Å². The molecule has 6 nitrogen and oxygen atoms in total. The molecule has 6 heteroatoms. The fourth-order valence-corrected chi connectivity index (χ4v) is 2.94. The summed E-state index contributed by atoms with van der Waals surface area (Å²) in [6.07, 6.45) is 3.26. The van der Waals surface area contributed by atoms with E-state index in [1.54, 1.807) is 36.4 Å². The standard InChI is InChI=1S/C18H19N3O3/c19-15-9-8-14(16(20-15)18(23)24)12-4-6-13(7-5-12)17(22)21-10-2-1-3-11-21/h4-9H,1-3,10-11H2,(H2,19,20)(H,23,24). The molecular formula is C18H19N3O3. The lowest BCUT2D eigenvalue weighted by molar-refractivity contribution is 0.0689. The zero-order valence-corrected chi connectivity index (χ0v) is 13.2. The number of carboxylic acids is 1. The number of rotatable bonds is 3. The number of anilines is 1. The number of nitrogens with two attached hydrogens (primary N) is 1. The van der Waals surface area contributed by atoms with E-state index in [2.05, 4.69) is 4.98 Å². The van der Waals surface area contributed by atoms with E-state index >= 15 is 0 Å². The van der Waals surface area contributed by atoms with E-state index in [0.29, 0.717) is 16.7 Å². The predicted molar refractivity (Wildman–Crippen MR) is 90.8 cm³/mol. The number of nitrogen functional groups attached to an aromatic ring is 1. The highest BCUT2D eigenvalue weighted by atomic mass is 16.4. The topological polar surface area (TPSA) is 96.5 Å². The van der Waals surface area contributed by atoms with Crippen molar-refractivity contribution in [2.75, 3.05) is 18.8 Å². The van der Waals surface area contributed by atoms with Crippen LogP contribution in [0.15, 0.2) is 36.4 Å². The van der Waals surface area contributed by atoms with E-state index in [0.717, 1.165) is 25.9 Å². The van der Waals surface area contributed by atoms with Crippen LogP contribution in [0, 0.1) is 0 Å². The predicted octanol–water partition coefficient (Wildman–Crippen LogP) is 2.66. The number of carboxylic acid groups (broad SMARTS) is 1. The molecule has 1 aliphatic rings. The molecule has 0 aliphatic carbocycles.